The van der Waals surface area contributed by atoms with Crippen LogP contribution in [0.25, 0.3) is 5.82 Å². The lowest BCUT2D eigenvalue weighted by molar-refractivity contribution is -0.190. The van der Waals surface area contributed by atoms with E-state index in [1.54, 1.807) is 6.92 Å². The summed E-state index contributed by atoms with van der Waals surface area (Å²) in [4.78, 5) is 33.1. The molecule has 1 amide bonds. The fraction of sp³-hybridized carbons (Fsp3) is 0.381. The molecule has 2 N–H and O–H groups in total. The molecule has 1 atom stereocenters. The van der Waals surface area contributed by atoms with Crippen LogP contribution < -0.4 is 15.7 Å². The average molecular weight is 551 g/mol. The summed E-state index contributed by atoms with van der Waals surface area (Å²) < 4.78 is 74.2. The van der Waals surface area contributed by atoms with Crippen molar-refractivity contribution in [1.29, 1.82) is 0 Å². The first-order valence-electron chi connectivity index (χ1n) is 10.6. The van der Waals surface area contributed by atoms with Gasteiger partial charge < -0.3 is 15.2 Å². The topological polar surface area (TPSA) is 124 Å². The van der Waals surface area contributed by atoms with Gasteiger partial charge in [0.2, 0.25) is 5.88 Å². The molecule has 3 aromatic heterocycles. The van der Waals surface area contributed by atoms with Crippen LogP contribution in [-0.2, 0) is 13.2 Å². The molecule has 0 radical (unpaired) electrons. The first-order valence-corrected chi connectivity index (χ1v) is 11.0. The van der Waals surface area contributed by atoms with E-state index in [-0.39, 0.29) is 30.4 Å². The Bertz CT molecular complexity index is 1340. The fourth-order valence-electron chi connectivity index (χ4n) is 3.08. The highest BCUT2D eigenvalue weighted by Crippen LogP contribution is 2.30. The Balaban J connectivity index is 2.14. The van der Waals surface area contributed by atoms with Crippen LogP contribution in [0.1, 0.15) is 35.1 Å². The molecule has 0 spiro atoms. The molecule has 0 saturated carbocycles. The summed E-state index contributed by atoms with van der Waals surface area (Å²) in [5.74, 6) is -4.82. The highest BCUT2D eigenvalue weighted by molar-refractivity contribution is 6.32. The van der Waals surface area contributed by atoms with Gasteiger partial charge in [0.25, 0.3) is 5.91 Å². The van der Waals surface area contributed by atoms with Crippen molar-refractivity contribution in [3.63, 3.8) is 0 Å². The Morgan fingerprint density at radius 3 is 2.65 bits per heavy atom. The highest BCUT2D eigenvalue weighted by Gasteiger charge is 2.39. The lowest BCUT2D eigenvalue weighted by Crippen LogP contribution is -2.33. The average Bonchev–Trinajstić information content (AvgIpc) is 3.15. The SMILES string of the molecule is Cc1ccnc(Cl)c1NC(=O)c1cc(F)c(-n2nc(CF)n(CCCO)c2=O)nc1O[C@@H](C)C(F)(F)F. The van der Waals surface area contributed by atoms with Gasteiger partial charge in [0.15, 0.2) is 28.7 Å². The third kappa shape index (κ3) is 6.05. The number of aromatic nitrogens is 5. The molecule has 3 heterocycles. The largest absolute Gasteiger partial charge is 0.464 e. The van der Waals surface area contributed by atoms with Crippen molar-refractivity contribution in [2.75, 3.05) is 11.9 Å². The lowest BCUT2D eigenvalue weighted by Gasteiger charge is -2.19. The standard InChI is InChI=1S/C21H20ClF5N6O4/c1-10-4-5-28-16(22)15(10)29-18(35)12-8-13(24)17(30-19(12)37-11(2)21(25,26)27)33-20(36)32(6-3-7-34)14(9-23)31-33/h4-5,8,11,34H,3,6-7,9H2,1-2H3,(H,29,35)/t11-/m0/s1. The summed E-state index contributed by atoms with van der Waals surface area (Å²) in [5, 5.41) is 14.8. The van der Waals surface area contributed by atoms with Crippen LogP contribution in [0.3, 0.4) is 0 Å². The van der Waals surface area contributed by atoms with E-state index in [9.17, 15) is 27.2 Å². The Morgan fingerprint density at radius 1 is 1.35 bits per heavy atom. The summed E-state index contributed by atoms with van der Waals surface area (Å²) in [6, 6.07) is 2.00. The molecule has 0 aromatic carbocycles. The number of anilines is 1. The van der Waals surface area contributed by atoms with Gasteiger partial charge in [-0.2, -0.15) is 22.8 Å². The second kappa shape index (κ2) is 11.2. The molecule has 0 unspecified atom stereocenters. The second-order valence-corrected chi connectivity index (χ2v) is 8.03. The zero-order valence-electron chi connectivity index (χ0n) is 19.3. The number of aryl methyl sites for hydroxylation is 1. The van der Waals surface area contributed by atoms with Crippen molar-refractivity contribution in [3.05, 3.63) is 56.7 Å². The predicted octanol–water partition coefficient (Wildman–Crippen LogP) is 3.36. The molecule has 10 nitrogen and oxygen atoms in total. The molecular weight excluding hydrogens is 531 g/mol. The predicted molar refractivity (Wildman–Crippen MR) is 120 cm³/mol. The molecule has 0 fully saturated rings. The number of carbonyl (C=O) groups is 1. The first kappa shape index (κ1) is 28.0. The van der Waals surface area contributed by atoms with Crippen molar-refractivity contribution < 1.29 is 36.6 Å². The summed E-state index contributed by atoms with van der Waals surface area (Å²) in [6.07, 6.45) is -5.99. The maximum absolute atomic E-state index is 15.1. The van der Waals surface area contributed by atoms with E-state index < -0.39 is 59.5 Å². The van der Waals surface area contributed by atoms with Gasteiger partial charge in [-0.05, 0) is 38.0 Å². The molecule has 0 aliphatic heterocycles. The van der Waals surface area contributed by atoms with Crippen LogP contribution in [0.5, 0.6) is 5.88 Å². The molecule has 37 heavy (non-hydrogen) atoms. The number of rotatable bonds is 9. The van der Waals surface area contributed by atoms with Crippen molar-refractivity contribution >= 4 is 23.2 Å². The Hall–Kier alpha value is -3.59. The Morgan fingerprint density at radius 2 is 2.05 bits per heavy atom. The van der Waals surface area contributed by atoms with Crippen LogP contribution in [0, 0.1) is 12.7 Å². The number of alkyl halides is 4. The van der Waals surface area contributed by atoms with Crippen molar-refractivity contribution in [2.24, 2.45) is 0 Å². The third-order valence-corrected chi connectivity index (χ3v) is 5.35. The van der Waals surface area contributed by atoms with Crippen molar-refractivity contribution in [3.8, 4) is 11.7 Å². The molecule has 0 aliphatic carbocycles. The maximum atomic E-state index is 15.1. The molecule has 16 heteroatoms. The van der Waals surface area contributed by atoms with Gasteiger partial charge in [-0.3, -0.25) is 9.36 Å². The van der Waals surface area contributed by atoms with E-state index >= 15 is 4.39 Å². The van der Waals surface area contributed by atoms with Gasteiger partial charge in [-0.1, -0.05) is 11.6 Å². The number of amides is 1. The number of nitrogens with one attached hydrogen (secondary N) is 1. The second-order valence-electron chi connectivity index (χ2n) is 7.67. The summed E-state index contributed by atoms with van der Waals surface area (Å²) in [5.41, 5.74) is -1.37. The molecular formula is C21H20ClF5N6O4. The zero-order chi connectivity index (χ0) is 27.5. The normalized spacial score (nSPS) is 12.5. The summed E-state index contributed by atoms with van der Waals surface area (Å²) in [7, 11) is 0. The number of ether oxygens (including phenoxy) is 1. The highest BCUT2D eigenvalue weighted by atomic mass is 35.5. The zero-order valence-corrected chi connectivity index (χ0v) is 20.1. The van der Waals surface area contributed by atoms with E-state index in [1.807, 2.05) is 0 Å². The summed E-state index contributed by atoms with van der Waals surface area (Å²) >= 11 is 5.98. The van der Waals surface area contributed by atoms with E-state index in [0.717, 1.165) is 4.57 Å². The smallest absolute Gasteiger partial charge is 0.425 e. The van der Waals surface area contributed by atoms with Gasteiger partial charge in [0, 0.05) is 19.3 Å². The van der Waals surface area contributed by atoms with Gasteiger partial charge >= 0.3 is 11.9 Å². The molecule has 3 aromatic rings. The molecule has 0 aliphatic rings. The number of pyridine rings is 2. The Kier molecular flexibility index (Phi) is 8.48. The van der Waals surface area contributed by atoms with Crippen molar-refractivity contribution in [2.45, 2.75) is 45.8 Å². The fourth-order valence-corrected chi connectivity index (χ4v) is 3.33. The van der Waals surface area contributed by atoms with Crippen LogP contribution in [0.2, 0.25) is 5.15 Å². The van der Waals surface area contributed by atoms with Crippen LogP contribution in [0.4, 0.5) is 27.6 Å². The van der Waals surface area contributed by atoms with E-state index in [1.165, 1.54) is 12.3 Å². The minimum atomic E-state index is -4.89. The third-order valence-electron chi connectivity index (χ3n) is 5.07. The van der Waals surface area contributed by atoms with E-state index in [0.29, 0.717) is 23.2 Å². The van der Waals surface area contributed by atoms with E-state index in [4.69, 9.17) is 21.4 Å². The number of aliphatic hydroxyl groups excluding tert-OH is 1. The minimum absolute atomic E-state index is 0.0138. The number of halogens is 6. The maximum Gasteiger partial charge on any atom is 0.425 e. The number of carbonyl (C=O) groups excluding carboxylic acids is 1. The van der Waals surface area contributed by atoms with Gasteiger partial charge in [0.05, 0.1) is 5.69 Å². The van der Waals surface area contributed by atoms with Gasteiger partial charge in [0.1, 0.15) is 12.2 Å². The van der Waals surface area contributed by atoms with Crippen LogP contribution in [0.15, 0.2) is 23.1 Å². The lowest BCUT2D eigenvalue weighted by atomic mass is 10.2. The van der Waals surface area contributed by atoms with Crippen LogP contribution in [-0.4, -0.2) is 54.2 Å². The number of nitrogens with zero attached hydrogens (tertiary/aromatic N) is 5. The molecule has 0 saturated heterocycles. The monoisotopic (exact) mass is 550 g/mol. The first-order chi connectivity index (χ1) is 17.4. The number of hydrogen-bond acceptors (Lipinski definition) is 7. The quantitative estimate of drug-likeness (QED) is 0.309. The van der Waals surface area contributed by atoms with Crippen LogP contribution >= 0.6 is 11.6 Å². The van der Waals surface area contributed by atoms with E-state index in [2.05, 4.69) is 20.4 Å². The minimum Gasteiger partial charge on any atom is -0.464 e. The summed E-state index contributed by atoms with van der Waals surface area (Å²) in [6.45, 7) is 0.446. The Labute approximate surface area is 210 Å². The number of hydrogen-bond donors (Lipinski definition) is 2. The molecule has 0 bridgehead atoms. The van der Waals surface area contributed by atoms with Gasteiger partial charge in [-0.15, -0.1) is 5.10 Å². The van der Waals surface area contributed by atoms with Gasteiger partial charge in [-0.25, -0.2) is 18.6 Å². The van der Waals surface area contributed by atoms with Crippen molar-refractivity contribution in [1.82, 2.24) is 24.3 Å². The molecule has 3 rings (SSSR count). The molecule has 200 valence electrons. The number of aliphatic hydroxyl groups is 1.